The van der Waals surface area contributed by atoms with Gasteiger partial charge in [-0.05, 0) is 49.9 Å². The maximum Gasteiger partial charge on any atom is 0.242 e. The lowest BCUT2D eigenvalue weighted by atomic mass is 10.1. The van der Waals surface area contributed by atoms with Crippen LogP contribution >= 0.6 is 23.4 Å². The van der Waals surface area contributed by atoms with Crippen molar-refractivity contribution in [1.82, 2.24) is 14.8 Å². The van der Waals surface area contributed by atoms with E-state index < -0.39 is 5.25 Å². The smallest absolute Gasteiger partial charge is 0.242 e. The number of aryl methyl sites for hydroxylation is 2. The SMILES string of the molecule is Cc1ccc(NC(=O)[C@@H](Sc2nnc(C)n2C2CC2)c2ccccc2)cc1Cl. The van der Waals surface area contributed by atoms with Gasteiger partial charge in [0.1, 0.15) is 11.1 Å². The van der Waals surface area contributed by atoms with Crippen LogP contribution in [0.15, 0.2) is 53.7 Å². The zero-order valence-corrected chi connectivity index (χ0v) is 17.3. The molecule has 4 rings (SSSR count). The van der Waals surface area contributed by atoms with Gasteiger partial charge in [-0.25, -0.2) is 0 Å². The molecule has 0 spiro atoms. The molecular weight excluding hydrogens is 392 g/mol. The molecule has 1 aliphatic carbocycles. The maximum absolute atomic E-state index is 13.2. The third-order valence-corrected chi connectivity index (χ3v) is 6.37. The lowest BCUT2D eigenvalue weighted by molar-refractivity contribution is -0.115. The molecule has 1 amide bonds. The van der Waals surface area contributed by atoms with Crippen LogP contribution in [0.25, 0.3) is 0 Å². The number of aromatic nitrogens is 3. The molecule has 5 nitrogen and oxygen atoms in total. The summed E-state index contributed by atoms with van der Waals surface area (Å²) in [5.74, 6) is 0.779. The van der Waals surface area contributed by atoms with Crippen molar-refractivity contribution in [2.24, 2.45) is 0 Å². The molecular formula is C21H21ClN4OS. The highest BCUT2D eigenvalue weighted by molar-refractivity contribution is 8.00. The average molecular weight is 413 g/mol. The number of nitrogens with zero attached hydrogens (tertiary/aromatic N) is 3. The highest BCUT2D eigenvalue weighted by Gasteiger charge is 2.31. The molecule has 3 aromatic rings. The van der Waals surface area contributed by atoms with Crippen molar-refractivity contribution in [2.45, 2.75) is 43.1 Å². The second-order valence-electron chi connectivity index (χ2n) is 6.99. The summed E-state index contributed by atoms with van der Waals surface area (Å²) in [6, 6.07) is 15.7. The topological polar surface area (TPSA) is 59.8 Å². The predicted octanol–water partition coefficient (Wildman–Crippen LogP) is 5.36. The van der Waals surface area contributed by atoms with Gasteiger partial charge < -0.3 is 9.88 Å². The van der Waals surface area contributed by atoms with Gasteiger partial charge in [0.15, 0.2) is 5.16 Å². The van der Waals surface area contributed by atoms with Gasteiger partial charge in [-0.2, -0.15) is 0 Å². The number of rotatable bonds is 6. The van der Waals surface area contributed by atoms with Crippen molar-refractivity contribution in [2.75, 3.05) is 5.32 Å². The number of hydrogen-bond donors (Lipinski definition) is 1. The molecule has 28 heavy (non-hydrogen) atoms. The van der Waals surface area contributed by atoms with E-state index in [9.17, 15) is 4.79 Å². The van der Waals surface area contributed by atoms with Gasteiger partial charge in [0.05, 0.1) is 0 Å². The van der Waals surface area contributed by atoms with Crippen LogP contribution in [0.5, 0.6) is 0 Å². The number of carbonyl (C=O) groups excluding carboxylic acids is 1. The second kappa shape index (κ2) is 7.97. The first-order valence-corrected chi connectivity index (χ1v) is 10.5. The minimum Gasteiger partial charge on any atom is -0.325 e. The molecule has 2 aromatic carbocycles. The lowest BCUT2D eigenvalue weighted by Crippen LogP contribution is -2.19. The quantitative estimate of drug-likeness (QED) is 0.554. The Kier molecular flexibility index (Phi) is 5.42. The summed E-state index contributed by atoms with van der Waals surface area (Å²) in [6.07, 6.45) is 2.27. The van der Waals surface area contributed by atoms with Crippen molar-refractivity contribution < 1.29 is 4.79 Å². The molecule has 144 valence electrons. The number of thioether (sulfide) groups is 1. The number of hydrogen-bond acceptors (Lipinski definition) is 4. The van der Waals surface area contributed by atoms with Gasteiger partial charge in [-0.3, -0.25) is 4.79 Å². The highest BCUT2D eigenvalue weighted by Crippen LogP contribution is 2.42. The summed E-state index contributed by atoms with van der Waals surface area (Å²) in [5, 5.41) is 12.5. The van der Waals surface area contributed by atoms with Crippen LogP contribution in [0.2, 0.25) is 5.02 Å². The van der Waals surface area contributed by atoms with Crippen molar-refractivity contribution in [1.29, 1.82) is 0 Å². The zero-order chi connectivity index (χ0) is 19.7. The molecule has 1 heterocycles. The normalized spacial score (nSPS) is 14.7. The Bertz CT molecular complexity index is 1000. The Balaban J connectivity index is 1.62. The van der Waals surface area contributed by atoms with Gasteiger partial charge >= 0.3 is 0 Å². The largest absolute Gasteiger partial charge is 0.325 e. The predicted molar refractivity (Wildman–Crippen MR) is 113 cm³/mol. The Morgan fingerprint density at radius 2 is 1.93 bits per heavy atom. The second-order valence-corrected chi connectivity index (χ2v) is 8.47. The van der Waals surface area contributed by atoms with E-state index in [1.165, 1.54) is 11.8 Å². The number of benzene rings is 2. The monoisotopic (exact) mass is 412 g/mol. The molecule has 1 fully saturated rings. The first kappa shape index (κ1) is 19.0. The molecule has 1 aromatic heterocycles. The van der Waals surface area contributed by atoms with Crippen molar-refractivity contribution in [3.8, 4) is 0 Å². The van der Waals surface area contributed by atoms with Crippen molar-refractivity contribution in [3.63, 3.8) is 0 Å². The molecule has 0 radical (unpaired) electrons. The summed E-state index contributed by atoms with van der Waals surface area (Å²) < 4.78 is 2.15. The maximum atomic E-state index is 13.2. The molecule has 1 saturated carbocycles. The third kappa shape index (κ3) is 4.08. The molecule has 0 unspecified atom stereocenters. The molecule has 1 N–H and O–H groups in total. The van der Waals surface area contributed by atoms with Crippen LogP contribution in [0.4, 0.5) is 5.69 Å². The fourth-order valence-corrected chi connectivity index (χ4v) is 4.40. The van der Waals surface area contributed by atoms with Gasteiger partial charge in [-0.15, -0.1) is 10.2 Å². The Morgan fingerprint density at radius 1 is 1.18 bits per heavy atom. The molecule has 1 atom stereocenters. The average Bonchev–Trinajstić information content (AvgIpc) is 3.46. The standard InChI is InChI=1S/C21H21ClN4OS/c1-13-8-9-16(12-18(13)22)23-20(27)19(15-6-4-3-5-7-15)28-21-25-24-14(2)26(21)17-10-11-17/h3-9,12,17,19H,10-11H2,1-2H3,(H,23,27)/t19-/m0/s1. The Morgan fingerprint density at radius 3 is 2.61 bits per heavy atom. The summed E-state index contributed by atoms with van der Waals surface area (Å²) in [4.78, 5) is 13.2. The van der Waals surface area contributed by atoms with E-state index in [2.05, 4.69) is 20.1 Å². The van der Waals surface area contributed by atoms with Gasteiger partial charge in [0.2, 0.25) is 5.91 Å². The molecule has 7 heteroatoms. The third-order valence-electron chi connectivity index (χ3n) is 4.75. The van der Waals surface area contributed by atoms with Crippen LogP contribution in [0.1, 0.15) is 41.1 Å². The summed E-state index contributed by atoms with van der Waals surface area (Å²) >= 11 is 7.65. The van der Waals surface area contributed by atoms with E-state index in [1.54, 1.807) is 6.07 Å². The van der Waals surface area contributed by atoms with Crippen LogP contribution < -0.4 is 5.32 Å². The number of anilines is 1. The molecule has 1 aliphatic rings. The summed E-state index contributed by atoms with van der Waals surface area (Å²) in [6.45, 7) is 3.89. The summed E-state index contributed by atoms with van der Waals surface area (Å²) in [5.41, 5.74) is 2.58. The Hall–Kier alpha value is -2.31. The lowest BCUT2D eigenvalue weighted by Gasteiger charge is -2.17. The van der Waals surface area contributed by atoms with E-state index in [4.69, 9.17) is 11.6 Å². The number of halogens is 1. The molecule has 0 saturated heterocycles. The van der Waals surface area contributed by atoms with Gasteiger partial charge in [0.25, 0.3) is 0 Å². The van der Waals surface area contributed by atoms with Crippen LogP contribution in [0.3, 0.4) is 0 Å². The summed E-state index contributed by atoms with van der Waals surface area (Å²) in [7, 11) is 0. The van der Waals surface area contributed by atoms with Crippen molar-refractivity contribution in [3.05, 3.63) is 70.5 Å². The first-order chi connectivity index (χ1) is 13.5. The fourth-order valence-electron chi connectivity index (χ4n) is 3.07. The van der Waals surface area contributed by atoms with E-state index in [-0.39, 0.29) is 5.91 Å². The zero-order valence-electron chi connectivity index (χ0n) is 15.7. The molecule has 0 aliphatic heterocycles. The van der Waals surface area contributed by atoms with E-state index >= 15 is 0 Å². The van der Waals surface area contributed by atoms with Crippen LogP contribution in [-0.4, -0.2) is 20.7 Å². The first-order valence-electron chi connectivity index (χ1n) is 9.23. The molecule has 0 bridgehead atoms. The number of carbonyl (C=O) groups is 1. The fraction of sp³-hybridized carbons (Fsp3) is 0.286. The van der Waals surface area contributed by atoms with Crippen LogP contribution in [0, 0.1) is 13.8 Å². The number of nitrogens with one attached hydrogen (secondary N) is 1. The van der Waals surface area contributed by atoms with E-state index in [1.807, 2.05) is 56.3 Å². The van der Waals surface area contributed by atoms with Crippen LogP contribution in [-0.2, 0) is 4.79 Å². The highest BCUT2D eigenvalue weighted by atomic mass is 35.5. The van der Waals surface area contributed by atoms with E-state index in [0.29, 0.717) is 16.8 Å². The minimum atomic E-state index is -0.442. The minimum absolute atomic E-state index is 0.112. The number of amides is 1. The van der Waals surface area contributed by atoms with Crippen molar-refractivity contribution >= 4 is 35.0 Å². The van der Waals surface area contributed by atoms with E-state index in [0.717, 1.165) is 34.9 Å². The Labute approximate surface area is 173 Å². The van der Waals surface area contributed by atoms with Gasteiger partial charge in [-0.1, -0.05) is 59.8 Å². The van der Waals surface area contributed by atoms with Gasteiger partial charge in [0, 0.05) is 16.8 Å².